The van der Waals surface area contributed by atoms with Gasteiger partial charge in [-0.15, -0.1) is 0 Å². The Hall–Kier alpha value is -3.85. The van der Waals surface area contributed by atoms with E-state index in [4.69, 9.17) is 24.2 Å². The fraction of sp³-hybridized carbons (Fsp3) is 0.512. The van der Waals surface area contributed by atoms with Crippen LogP contribution in [0.25, 0.3) is 22.2 Å². The molecule has 0 atom stereocenters. The Kier molecular flexibility index (Phi) is 16.1. The van der Waals surface area contributed by atoms with Crippen molar-refractivity contribution in [2.24, 2.45) is 0 Å². The maximum Gasteiger partial charge on any atom is 0.340 e. The number of aromatic nitrogens is 3. The number of aromatic amines is 1. The van der Waals surface area contributed by atoms with Crippen LogP contribution in [-0.4, -0.2) is 47.7 Å². The molecular formula is C41H55N3O5S. The second-order valence-electron chi connectivity index (χ2n) is 12.8. The Labute approximate surface area is 302 Å². The molecule has 0 spiro atoms. The highest BCUT2D eigenvalue weighted by atomic mass is 32.2. The highest BCUT2D eigenvalue weighted by Gasteiger charge is 2.31. The number of rotatable bonds is 22. The van der Waals surface area contributed by atoms with Crippen molar-refractivity contribution in [3.63, 3.8) is 0 Å². The average molecular weight is 702 g/mol. The number of aryl methyl sites for hydroxylation is 2. The molecule has 0 aliphatic heterocycles. The number of carbonyl (C=O) groups excluding carboxylic acids is 2. The molecule has 270 valence electrons. The largest absolute Gasteiger partial charge is 0.496 e. The maximum absolute atomic E-state index is 13.7. The molecule has 0 saturated heterocycles. The lowest BCUT2D eigenvalue weighted by molar-refractivity contribution is 0.0526. The fourth-order valence-electron chi connectivity index (χ4n) is 6.60. The van der Waals surface area contributed by atoms with E-state index in [1.165, 1.54) is 89.5 Å². The summed E-state index contributed by atoms with van der Waals surface area (Å²) in [5, 5.41) is 0.706. The number of unbranched alkanes of at least 4 members (excludes halogenated alkanes) is 12. The van der Waals surface area contributed by atoms with Crippen molar-refractivity contribution < 1.29 is 23.8 Å². The van der Waals surface area contributed by atoms with Crippen LogP contribution in [0.2, 0.25) is 0 Å². The van der Waals surface area contributed by atoms with Crippen LogP contribution in [0.1, 0.15) is 135 Å². The van der Waals surface area contributed by atoms with Gasteiger partial charge < -0.3 is 19.2 Å². The Morgan fingerprint density at radius 2 is 1.40 bits per heavy atom. The normalized spacial score (nSPS) is 11.2. The summed E-state index contributed by atoms with van der Waals surface area (Å²) >= 11 is 1.44. The van der Waals surface area contributed by atoms with Gasteiger partial charge in [0.25, 0.3) is 0 Å². The van der Waals surface area contributed by atoms with Gasteiger partial charge in [0.2, 0.25) is 0 Å². The molecule has 0 fully saturated rings. The quantitative estimate of drug-likeness (QED) is 0.0490. The van der Waals surface area contributed by atoms with E-state index in [1.54, 1.807) is 21.0 Å². The number of hydrogen-bond donors (Lipinski definition) is 1. The summed E-state index contributed by atoms with van der Waals surface area (Å²) in [5.74, 6) is -0.206. The second-order valence-corrected chi connectivity index (χ2v) is 13.8. The molecule has 0 saturated carbocycles. The number of ether oxygens (including phenoxy) is 3. The molecule has 0 unspecified atom stereocenters. The average Bonchev–Trinajstić information content (AvgIpc) is 3.55. The molecule has 50 heavy (non-hydrogen) atoms. The molecule has 0 amide bonds. The number of para-hydroxylation sites is 2. The molecule has 9 heteroatoms. The zero-order chi connectivity index (χ0) is 35.7. The molecule has 4 rings (SSSR count). The van der Waals surface area contributed by atoms with E-state index in [-0.39, 0.29) is 17.7 Å². The smallest absolute Gasteiger partial charge is 0.340 e. The molecule has 2 aromatic heterocycles. The molecule has 0 aliphatic carbocycles. The molecule has 4 aromatic rings. The summed E-state index contributed by atoms with van der Waals surface area (Å²) in [6, 6.07) is 13.7. The lowest BCUT2D eigenvalue weighted by atomic mass is 9.87. The number of nitrogens with zero attached hydrogens (tertiary/aromatic N) is 2. The summed E-state index contributed by atoms with van der Waals surface area (Å²) in [5.41, 5.74) is 5.41. The topological polar surface area (TPSA) is 103 Å². The molecular weight excluding hydrogens is 647 g/mol. The van der Waals surface area contributed by atoms with Crippen LogP contribution in [0.3, 0.4) is 0 Å². The molecule has 2 aromatic carbocycles. The Balaban J connectivity index is 1.58. The highest BCUT2D eigenvalue weighted by Crippen LogP contribution is 2.42. The number of methoxy groups -OCH3 is 2. The first-order chi connectivity index (χ1) is 24.4. The summed E-state index contributed by atoms with van der Waals surface area (Å²) < 4.78 is 16.8. The van der Waals surface area contributed by atoms with Gasteiger partial charge in [0.1, 0.15) is 5.75 Å². The van der Waals surface area contributed by atoms with Crippen LogP contribution in [-0.2, 0) is 21.6 Å². The van der Waals surface area contributed by atoms with Gasteiger partial charge in [0.05, 0.1) is 54.4 Å². The van der Waals surface area contributed by atoms with E-state index in [0.717, 1.165) is 35.9 Å². The number of pyridine rings is 1. The third-order valence-corrected chi connectivity index (χ3v) is 10.1. The van der Waals surface area contributed by atoms with Crippen molar-refractivity contribution in [1.29, 1.82) is 0 Å². The molecule has 2 heterocycles. The number of nitrogens with one attached hydrogen (secondary N) is 1. The van der Waals surface area contributed by atoms with Gasteiger partial charge in [-0.1, -0.05) is 120 Å². The minimum Gasteiger partial charge on any atom is -0.496 e. The number of benzene rings is 2. The monoisotopic (exact) mass is 701 g/mol. The van der Waals surface area contributed by atoms with Gasteiger partial charge in [-0.3, -0.25) is 4.98 Å². The van der Waals surface area contributed by atoms with Crippen LogP contribution in [0.15, 0.2) is 47.6 Å². The molecule has 8 nitrogen and oxygen atoms in total. The molecule has 0 radical (unpaired) electrons. The van der Waals surface area contributed by atoms with Crippen molar-refractivity contribution in [3.8, 4) is 16.9 Å². The van der Waals surface area contributed by atoms with Crippen LogP contribution >= 0.6 is 11.8 Å². The lowest BCUT2D eigenvalue weighted by Gasteiger charge is -2.22. The number of esters is 2. The van der Waals surface area contributed by atoms with Crippen molar-refractivity contribution in [2.45, 2.75) is 122 Å². The SMILES string of the molecule is CCCCCCCCCCCCCCCc1cccc(OC)c1-c1c(C(=O)OCC)c(C)nc(CSc2nc3ccccc3[nH]2)c1C(=O)OC. The van der Waals surface area contributed by atoms with E-state index in [1.807, 2.05) is 36.4 Å². The van der Waals surface area contributed by atoms with Crippen molar-refractivity contribution in [2.75, 3.05) is 20.8 Å². The third kappa shape index (κ3) is 10.6. The summed E-state index contributed by atoms with van der Waals surface area (Å²) in [6.45, 7) is 6.01. The van der Waals surface area contributed by atoms with Crippen LogP contribution < -0.4 is 4.74 Å². The standard InChI is InChI=1S/C41H55N3O5S/c1-6-8-9-10-11-12-13-14-15-16-17-18-19-23-30-24-22-27-34(47-4)36(30)38-35(40(46)49-7-2)29(3)42-33(37(38)39(45)48-5)28-50-41-43-31-25-20-21-26-32(31)44-41/h20-22,24-27H,6-19,23,28H2,1-5H3,(H,43,44). The van der Waals surface area contributed by atoms with Crippen molar-refractivity contribution in [3.05, 3.63) is 70.5 Å². The summed E-state index contributed by atoms with van der Waals surface area (Å²) in [6.07, 6.45) is 17.4. The Morgan fingerprint density at radius 3 is 2.02 bits per heavy atom. The maximum atomic E-state index is 13.7. The van der Waals surface area contributed by atoms with E-state index < -0.39 is 11.9 Å². The van der Waals surface area contributed by atoms with E-state index in [2.05, 4.69) is 18.0 Å². The summed E-state index contributed by atoms with van der Waals surface area (Å²) in [7, 11) is 2.96. The second kappa shape index (κ2) is 20.7. The number of hydrogen-bond acceptors (Lipinski definition) is 8. The highest BCUT2D eigenvalue weighted by molar-refractivity contribution is 7.98. The van der Waals surface area contributed by atoms with Crippen LogP contribution in [0.5, 0.6) is 5.75 Å². The van der Waals surface area contributed by atoms with Crippen molar-refractivity contribution in [1.82, 2.24) is 15.0 Å². The molecule has 0 bridgehead atoms. The number of thioether (sulfide) groups is 1. The van der Waals surface area contributed by atoms with E-state index >= 15 is 0 Å². The van der Waals surface area contributed by atoms with Gasteiger partial charge in [0.15, 0.2) is 5.16 Å². The first-order valence-electron chi connectivity index (χ1n) is 18.5. The minimum atomic E-state index is -0.573. The number of carbonyl (C=O) groups is 2. The van der Waals surface area contributed by atoms with Crippen LogP contribution in [0.4, 0.5) is 0 Å². The molecule has 1 N–H and O–H groups in total. The minimum absolute atomic E-state index is 0.187. The van der Waals surface area contributed by atoms with Crippen molar-refractivity contribution >= 4 is 34.7 Å². The van der Waals surface area contributed by atoms with Gasteiger partial charge in [0, 0.05) is 16.9 Å². The fourth-order valence-corrected chi connectivity index (χ4v) is 7.43. The predicted molar refractivity (Wildman–Crippen MR) is 203 cm³/mol. The van der Waals surface area contributed by atoms with E-state index in [9.17, 15) is 9.59 Å². The summed E-state index contributed by atoms with van der Waals surface area (Å²) in [4.78, 5) is 40.2. The van der Waals surface area contributed by atoms with Gasteiger partial charge in [-0.25, -0.2) is 14.6 Å². The van der Waals surface area contributed by atoms with E-state index in [0.29, 0.717) is 39.2 Å². The third-order valence-electron chi connectivity index (χ3n) is 9.17. The lowest BCUT2D eigenvalue weighted by Crippen LogP contribution is -2.18. The Bertz CT molecular complexity index is 1650. The number of fused-ring (bicyclic) bond motifs is 1. The van der Waals surface area contributed by atoms with Gasteiger partial charge >= 0.3 is 11.9 Å². The zero-order valence-corrected chi connectivity index (χ0v) is 31.5. The predicted octanol–water partition coefficient (Wildman–Crippen LogP) is 10.8. The first kappa shape index (κ1) is 38.9. The number of imidazole rings is 1. The van der Waals surface area contributed by atoms with Crippen LogP contribution in [0, 0.1) is 6.92 Å². The first-order valence-corrected chi connectivity index (χ1v) is 19.4. The van der Waals surface area contributed by atoms with Gasteiger partial charge in [-0.2, -0.15) is 0 Å². The molecule has 0 aliphatic rings. The zero-order valence-electron chi connectivity index (χ0n) is 30.7. The Morgan fingerprint density at radius 1 is 0.740 bits per heavy atom. The van der Waals surface area contributed by atoms with Gasteiger partial charge in [-0.05, 0) is 50.5 Å². The number of H-pyrrole nitrogens is 1.